The summed E-state index contributed by atoms with van der Waals surface area (Å²) < 4.78 is 59.8. The molecule has 26 heavy (non-hydrogen) atoms. The van der Waals surface area contributed by atoms with Gasteiger partial charge in [0.05, 0.1) is 5.69 Å². The maximum atomic E-state index is 13.8. The van der Waals surface area contributed by atoms with Gasteiger partial charge in [-0.25, -0.2) is 27.2 Å². The molecule has 1 N–H and O–H groups in total. The Morgan fingerprint density at radius 1 is 1.00 bits per heavy atom. The summed E-state index contributed by atoms with van der Waals surface area (Å²) >= 11 is 0. The van der Waals surface area contributed by atoms with Crippen molar-refractivity contribution < 1.29 is 21.9 Å². The lowest BCUT2D eigenvalue weighted by Crippen LogP contribution is -2.17. The van der Waals surface area contributed by atoms with Crippen LogP contribution in [0.1, 0.15) is 5.56 Å². The lowest BCUT2D eigenvalue weighted by molar-refractivity contribution is 0.441. The molecular formula is C17H13F2N3O3S. The Balaban J connectivity index is 1.86. The zero-order valence-corrected chi connectivity index (χ0v) is 14.3. The second-order valence-electron chi connectivity index (χ2n) is 5.27. The summed E-state index contributed by atoms with van der Waals surface area (Å²) in [6.07, 6.45) is 3.03. The number of nitrogens with one attached hydrogen (secondary N) is 1. The van der Waals surface area contributed by atoms with Gasteiger partial charge >= 0.3 is 6.01 Å². The number of rotatable bonds is 5. The fraction of sp³-hybridized carbons (Fsp3) is 0.0588. The second-order valence-corrected chi connectivity index (χ2v) is 6.89. The molecule has 2 aromatic carbocycles. The lowest BCUT2D eigenvalue weighted by Gasteiger charge is -2.13. The van der Waals surface area contributed by atoms with Crippen molar-refractivity contribution >= 4 is 15.7 Å². The van der Waals surface area contributed by atoms with Gasteiger partial charge in [-0.3, -0.25) is 4.72 Å². The van der Waals surface area contributed by atoms with Crippen LogP contribution in [0.2, 0.25) is 0 Å². The number of nitrogens with zero attached hydrogens (tertiary/aromatic N) is 2. The van der Waals surface area contributed by atoms with E-state index in [1.165, 1.54) is 24.5 Å². The molecule has 0 bridgehead atoms. The van der Waals surface area contributed by atoms with Gasteiger partial charge in [-0.05, 0) is 48.9 Å². The normalized spacial score (nSPS) is 11.2. The van der Waals surface area contributed by atoms with Gasteiger partial charge in [0.2, 0.25) is 0 Å². The van der Waals surface area contributed by atoms with Crippen LogP contribution in [-0.2, 0) is 10.0 Å². The third kappa shape index (κ3) is 3.77. The van der Waals surface area contributed by atoms with Gasteiger partial charge in [0.1, 0.15) is 17.4 Å². The van der Waals surface area contributed by atoms with Crippen molar-refractivity contribution in [1.29, 1.82) is 0 Å². The third-order valence-corrected chi connectivity index (χ3v) is 4.80. The van der Waals surface area contributed by atoms with E-state index in [0.717, 1.165) is 18.2 Å². The Morgan fingerprint density at radius 3 is 2.27 bits per heavy atom. The van der Waals surface area contributed by atoms with Crippen LogP contribution in [0.3, 0.4) is 0 Å². The average molecular weight is 377 g/mol. The monoisotopic (exact) mass is 377 g/mol. The standard InChI is InChI=1S/C17H13F2N3O3S/c1-11-10-12(25-17-20-8-3-9-21-17)6-7-15(11)22-26(23,24)16-13(18)4-2-5-14(16)19/h2-10,22H,1H3. The van der Waals surface area contributed by atoms with E-state index in [-0.39, 0.29) is 11.7 Å². The first-order chi connectivity index (χ1) is 12.4. The zero-order valence-electron chi connectivity index (χ0n) is 13.5. The third-order valence-electron chi connectivity index (χ3n) is 3.38. The fourth-order valence-electron chi connectivity index (χ4n) is 2.19. The molecule has 1 heterocycles. The smallest absolute Gasteiger partial charge is 0.321 e. The molecule has 0 aliphatic rings. The Labute approximate surface area is 148 Å². The molecule has 3 rings (SSSR count). The summed E-state index contributed by atoms with van der Waals surface area (Å²) in [6.45, 7) is 1.62. The van der Waals surface area contributed by atoms with Crippen LogP contribution in [0, 0.1) is 18.6 Å². The Kier molecular flexibility index (Phi) is 4.81. The summed E-state index contributed by atoms with van der Waals surface area (Å²) in [6, 6.07) is 9.07. The molecule has 0 unspecified atom stereocenters. The Bertz CT molecular complexity index is 1020. The topological polar surface area (TPSA) is 81.2 Å². The number of hydrogen-bond donors (Lipinski definition) is 1. The van der Waals surface area contributed by atoms with E-state index in [0.29, 0.717) is 11.3 Å². The molecule has 0 atom stereocenters. The molecule has 6 nitrogen and oxygen atoms in total. The minimum absolute atomic E-state index is 0.133. The number of halogens is 2. The van der Waals surface area contributed by atoms with E-state index in [9.17, 15) is 17.2 Å². The molecule has 0 spiro atoms. The summed E-state index contributed by atoms with van der Waals surface area (Å²) in [5.74, 6) is -1.96. The lowest BCUT2D eigenvalue weighted by atomic mass is 10.2. The van der Waals surface area contributed by atoms with Gasteiger partial charge in [0, 0.05) is 12.4 Å². The first-order valence-electron chi connectivity index (χ1n) is 7.39. The van der Waals surface area contributed by atoms with Crippen LogP contribution in [0.4, 0.5) is 14.5 Å². The quantitative estimate of drug-likeness (QED) is 0.734. The van der Waals surface area contributed by atoms with E-state index in [4.69, 9.17) is 4.74 Å². The SMILES string of the molecule is Cc1cc(Oc2ncccn2)ccc1NS(=O)(=O)c1c(F)cccc1F. The van der Waals surface area contributed by atoms with Gasteiger partial charge in [-0.1, -0.05) is 6.07 Å². The molecule has 3 aromatic rings. The predicted molar refractivity (Wildman–Crippen MR) is 90.5 cm³/mol. The van der Waals surface area contributed by atoms with Crippen LogP contribution in [0.25, 0.3) is 0 Å². The maximum absolute atomic E-state index is 13.8. The molecule has 1 aromatic heterocycles. The first kappa shape index (κ1) is 17.7. The molecule has 0 radical (unpaired) electrons. The van der Waals surface area contributed by atoms with Crippen LogP contribution in [0.5, 0.6) is 11.8 Å². The summed E-state index contributed by atoms with van der Waals surface area (Å²) in [5, 5.41) is 0. The van der Waals surface area contributed by atoms with Gasteiger partial charge in [0.15, 0.2) is 4.90 Å². The molecular weight excluding hydrogens is 364 g/mol. The summed E-state index contributed by atoms with van der Waals surface area (Å²) in [7, 11) is -4.43. The fourth-order valence-corrected chi connectivity index (χ4v) is 3.46. The molecule has 0 fully saturated rings. The minimum Gasteiger partial charge on any atom is -0.424 e. The van der Waals surface area contributed by atoms with Crippen LogP contribution in [0.15, 0.2) is 59.8 Å². The molecule has 0 aliphatic heterocycles. The van der Waals surface area contributed by atoms with Gasteiger partial charge < -0.3 is 4.74 Å². The van der Waals surface area contributed by atoms with E-state index in [1.807, 2.05) is 0 Å². The van der Waals surface area contributed by atoms with Crippen LogP contribution < -0.4 is 9.46 Å². The average Bonchev–Trinajstić information content (AvgIpc) is 2.58. The molecule has 134 valence electrons. The molecule has 0 saturated heterocycles. The van der Waals surface area contributed by atoms with Crippen molar-refractivity contribution in [1.82, 2.24) is 9.97 Å². The number of aryl methyl sites for hydroxylation is 1. The number of sulfonamides is 1. The number of hydrogen-bond acceptors (Lipinski definition) is 5. The van der Waals surface area contributed by atoms with Crippen molar-refractivity contribution in [2.45, 2.75) is 11.8 Å². The summed E-state index contributed by atoms with van der Waals surface area (Å²) in [4.78, 5) is 6.80. The predicted octanol–water partition coefficient (Wildman–Crippen LogP) is 3.66. The van der Waals surface area contributed by atoms with Gasteiger partial charge in [-0.2, -0.15) is 0 Å². The number of aromatic nitrogens is 2. The molecule has 0 amide bonds. The maximum Gasteiger partial charge on any atom is 0.321 e. The molecule has 0 saturated carbocycles. The van der Waals surface area contributed by atoms with Crippen molar-refractivity contribution in [3.63, 3.8) is 0 Å². The van der Waals surface area contributed by atoms with E-state index in [2.05, 4.69) is 14.7 Å². The largest absolute Gasteiger partial charge is 0.424 e. The molecule has 0 aliphatic carbocycles. The van der Waals surface area contributed by atoms with Gasteiger partial charge in [0.25, 0.3) is 10.0 Å². The van der Waals surface area contributed by atoms with Gasteiger partial charge in [-0.15, -0.1) is 0 Å². The van der Waals surface area contributed by atoms with Crippen molar-refractivity contribution in [3.8, 4) is 11.8 Å². The highest BCUT2D eigenvalue weighted by Crippen LogP contribution is 2.27. The molecule has 9 heteroatoms. The minimum atomic E-state index is -4.43. The van der Waals surface area contributed by atoms with Crippen molar-refractivity contribution in [3.05, 3.63) is 72.1 Å². The van der Waals surface area contributed by atoms with Crippen LogP contribution in [-0.4, -0.2) is 18.4 Å². The highest BCUT2D eigenvalue weighted by atomic mass is 32.2. The number of benzene rings is 2. The highest BCUT2D eigenvalue weighted by molar-refractivity contribution is 7.92. The Hall–Kier alpha value is -3.07. The van der Waals surface area contributed by atoms with E-state index in [1.54, 1.807) is 19.1 Å². The zero-order chi connectivity index (χ0) is 18.7. The number of anilines is 1. The number of ether oxygens (including phenoxy) is 1. The Morgan fingerprint density at radius 2 is 1.65 bits per heavy atom. The van der Waals surface area contributed by atoms with Crippen molar-refractivity contribution in [2.75, 3.05) is 4.72 Å². The van der Waals surface area contributed by atoms with Crippen LogP contribution >= 0.6 is 0 Å². The van der Waals surface area contributed by atoms with E-state index >= 15 is 0 Å². The van der Waals surface area contributed by atoms with Crippen molar-refractivity contribution in [2.24, 2.45) is 0 Å². The highest BCUT2D eigenvalue weighted by Gasteiger charge is 2.24. The first-order valence-corrected chi connectivity index (χ1v) is 8.87. The second kappa shape index (κ2) is 7.04. The van der Waals surface area contributed by atoms with E-state index < -0.39 is 26.6 Å². The summed E-state index contributed by atoms with van der Waals surface area (Å²) in [5.41, 5.74) is 0.646.